The van der Waals surface area contributed by atoms with Crippen molar-refractivity contribution >= 4 is 27.0 Å². The summed E-state index contributed by atoms with van der Waals surface area (Å²) in [6, 6.07) is 18.2. The van der Waals surface area contributed by atoms with Crippen molar-refractivity contribution in [2.24, 2.45) is 0 Å². The van der Waals surface area contributed by atoms with Crippen LogP contribution >= 0.6 is 11.3 Å². The Hall–Kier alpha value is -3.10. The van der Waals surface area contributed by atoms with E-state index >= 15 is 0 Å². The lowest BCUT2D eigenvalue weighted by atomic mass is 10.1. The molecule has 0 unspecified atom stereocenters. The summed E-state index contributed by atoms with van der Waals surface area (Å²) in [4.78, 5) is 4.62. The Balaban J connectivity index is 1.72. The van der Waals surface area contributed by atoms with Crippen LogP contribution < -0.4 is 9.04 Å². The van der Waals surface area contributed by atoms with E-state index in [9.17, 15) is 8.42 Å². The van der Waals surface area contributed by atoms with Crippen LogP contribution in [0.1, 0.15) is 23.9 Å². The minimum absolute atomic E-state index is 0.0510. The fraction of sp³-hybridized carbons (Fsp3) is 0.208. The summed E-state index contributed by atoms with van der Waals surface area (Å²) in [5.74, 6) is 1.74. The first-order chi connectivity index (χ1) is 15.4. The number of hydrogen-bond donors (Lipinski definition) is 0. The molecule has 0 aliphatic carbocycles. The summed E-state index contributed by atoms with van der Waals surface area (Å²) < 4.78 is 40.0. The van der Waals surface area contributed by atoms with Crippen LogP contribution in [0.15, 0.2) is 74.7 Å². The molecule has 0 aliphatic heterocycles. The van der Waals surface area contributed by atoms with Crippen molar-refractivity contribution in [2.75, 3.05) is 10.9 Å². The van der Waals surface area contributed by atoms with Gasteiger partial charge >= 0.3 is 0 Å². The standard InChI is InChI=1S/C24H24N2O4S2/c1-4-29-21-13-11-20(12-14-21)26(32(27,28)23-6-5-15-31-23)16-22-18(3)30-24(25-22)19-9-7-17(2)8-10-19/h5-15H,4,16H2,1-3H3. The first kappa shape index (κ1) is 22.1. The second-order valence-electron chi connectivity index (χ2n) is 7.26. The van der Waals surface area contributed by atoms with E-state index in [0.717, 1.165) is 11.1 Å². The van der Waals surface area contributed by atoms with Crippen molar-refractivity contribution in [3.8, 4) is 17.2 Å². The molecular formula is C24H24N2O4S2. The second-order valence-corrected chi connectivity index (χ2v) is 10.3. The van der Waals surface area contributed by atoms with Gasteiger partial charge in [0.2, 0.25) is 5.89 Å². The van der Waals surface area contributed by atoms with Crippen LogP contribution in [-0.2, 0) is 16.6 Å². The molecule has 8 heteroatoms. The molecule has 0 aliphatic rings. The topological polar surface area (TPSA) is 72.6 Å². The molecule has 32 heavy (non-hydrogen) atoms. The highest BCUT2D eigenvalue weighted by Gasteiger charge is 2.28. The molecule has 2 heterocycles. The number of hydrogen-bond acceptors (Lipinski definition) is 6. The van der Waals surface area contributed by atoms with E-state index in [4.69, 9.17) is 9.15 Å². The predicted octanol–water partition coefficient (Wildman–Crippen LogP) is 5.81. The van der Waals surface area contributed by atoms with E-state index in [0.29, 0.717) is 35.4 Å². The Kier molecular flexibility index (Phi) is 6.34. The molecule has 2 aromatic carbocycles. The highest BCUT2D eigenvalue weighted by atomic mass is 32.2. The number of thiophene rings is 1. The fourth-order valence-electron chi connectivity index (χ4n) is 3.24. The third-order valence-corrected chi connectivity index (χ3v) is 8.11. The monoisotopic (exact) mass is 468 g/mol. The van der Waals surface area contributed by atoms with Crippen LogP contribution in [0.2, 0.25) is 0 Å². The number of aromatic nitrogens is 1. The summed E-state index contributed by atoms with van der Waals surface area (Å²) in [5, 5.41) is 1.75. The number of rotatable bonds is 8. The summed E-state index contributed by atoms with van der Waals surface area (Å²) in [6.45, 7) is 6.31. The Morgan fingerprint density at radius 1 is 1.03 bits per heavy atom. The molecule has 0 saturated heterocycles. The van der Waals surface area contributed by atoms with Crippen molar-refractivity contribution in [2.45, 2.75) is 31.5 Å². The molecule has 0 spiro atoms. The molecule has 0 saturated carbocycles. The number of benzene rings is 2. The van der Waals surface area contributed by atoms with Gasteiger partial charge in [-0.25, -0.2) is 13.4 Å². The average Bonchev–Trinajstić information content (AvgIpc) is 3.44. The SMILES string of the molecule is CCOc1ccc(N(Cc2nc(-c3ccc(C)cc3)oc2C)S(=O)(=O)c2cccs2)cc1. The van der Waals surface area contributed by atoms with E-state index in [1.54, 1.807) is 48.7 Å². The van der Waals surface area contributed by atoms with Gasteiger partial charge in [0, 0.05) is 5.56 Å². The van der Waals surface area contributed by atoms with Gasteiger partial charge in [0.25, 0.3) is 10.0 Å². The fourth-order valence-corrected chi connectivity index (χ4v) is 5.77. The van der Waals surface area contributed by atoms with Crippen molar-refractivity contribution in [3.05, 3.63) is 83.1 Å². The maximum atomic E-state index is 13.5. The lowest BCUT2D eigenvalue weighted by Gasteiger charge is -2.23. The van der Waals surface area contributed by atoms with Gasteiger partial charge in [-0.1, -0.05) is 23.8 Å². The van der Waals surface area contributed by atoms with E-state index in [2.05, 4.69) is 4.98 Å². The number of anilines is 1. The van der Waals surface area contributed by atoms with E-state index in [-0.39, 0.29) is 10.8 Å². The molecular weight excluding hydrogens is 444 g/mol. The van der Waals surface area contributed by atoms with Gasteiger partial charge in [0.05, 0.1) is 18.8 Å². The number of sulfonamides is 1. The summed E-state index contributed by atoms with van der Waals surface area (Å²) in [7, 11) is -3.78. The quantitative estimate of drug-likeness (QED) is 0.326. The molecule has 0 bridgehead atoms. The number of ether oxygens (including phenoxy) is 1. The van der Waals surface area contributed by atoms with Crippen LogP contribution in [0.4, 0.5) is 5.69 Å². The molecule has 0 amide bonds. The van der Waals surface area contributed by atoms with Crippen LogP contribution in [0.3, 0.4) is 0 Å². The average molecular weight is 469 g/mol. The molecule has 6 nitrogen and oxygen atoms in total. The van der Waals surface area contributed by atoms with Crippen LogP contribution in [0, 0.1) is 13.8 Å². The molecule has 2 aromatic heterocycles. The summed E-state index contributed by atoms with van der Waals surface area (Å²) in [5.41, 5.74) is 3.08. The largest absolute Gasteiger partial charge is 0.494 e. The van der Waals surface area contributed by atoms with Crippen LogP contribution in [0.25, 0.3) is 11.5 Å². The normalized spacial score (nSPS) is 11.5. The Morgan fingerprint density at radius 3 is 2.38 bits per heavy atom. The van der Waals surface area contributed by atoms with Crippen molar-refractivity contribution in [3.63, 3.8) is 0 Å². The lowest BCUT2D eigenvalue weighted by Crippen LogP contribution is -2.30. The first-order valence-corrected chi connectivity index (χ1v) is 12.5. The predicted molar refractivity (Wildman–Crippen MR) is 127 cm³/mol. The summed E-state index contributed by atoms with van der Waals surface area (Å²) >= 11 is 1.18. The zero-order valence-corrected chi connectivity index (χ0v) is 19.7. The highest BCUT2D eigenvalue weighted by molar-refractivity contribution is 7.94. The minimum atomic E-state index is -3.78. The maximum absolute atomic E-state index is 13.5. The zero-order valence-electron chi connectivity index (χ0n) is 18.1. The van der Waals surface area contributed by atoms with Crippen molar-refractivity contribution in [1.29, 1.82) is 0 Å². The Labute approximate surface area is 192 Å². The van der Waals surface area contributed by atoms with Crippen molar-refractivity contribution in [1.82, 2.24) is 4.98 Å². The summed E-state index contributed by atoms with van der Waals surface area (Å²) in [6.07, 6.45) is 0. The molecule has 0 atom stereocenters. The highest BCUT2D eigenvalue weighted by Crippen LogP contribution is 2.31. The van der Waals surface area contributed by atoms with Gasteiger partial charge in [0.15, 0.2) is 0 Å². The van der Waals surface area contributed by atoms with Gasteiger partial charge in [-0.2, -0.15) is 0 Å². The van der Waals surface area contributed by atoms with Gasteiger partial charge in [-0.3, -0.25) is 4.31 Å². The minimum Gasteiger partial charge on any atom is -0.494 e. The van der Waals surface area contributed by atoms with E-state index in [1.807, 2.05) is 38.1 Å². The lowest BCUT2D eigenvalue weighted by molar-refractivity contribution is 0.340. The zero-order chi connectivity index (χ0) is 22.7. The Morgan fingerprint density at radius 2 is 1.75 bits per heavy atom. The van der Waals surface area contributed by atoms with Gasteiger partial charge in [-0.05, 0) is 68.6 Å². The van der Waals surface area contributed by atoms with Gasteiger partial charge < -0.3 is 9.15 Å². The molecule has 0 N–H and O–H groups in total. The van der Waals surface area contributed by atoms with Crippen LogP contribution in [0.5, 0.6) is 5.75 Å². The smallest absolute Gasteiger partial charge is 0.274 e. The van der Waals surface area contributed by atoms with Crippen LogP contribution in [-0.4, -0.2) is 20.0 Å². The third kappa shape index (κ3) is 4.56. The first-order valence-electron chi connectivity index (χ1n) is 10.2. The van der Waals surface area contributed by atoms with Gasteiger partial charge in [0.1, 0.15) is 21.4 Å². The van der Waals surface area contributed by atoms with Gasteiger partial charge in [-0.15, -0.1) is 11.3 Å². The van der Waals surface area contributed by atoms with E-state index in [1.165, 1.54) is 15.6 Å². The maximum Gasteiger partial charge on any atom is 0.274 e. The number of aryl methyl sites for hydroxylation is 2. The van der Waals surface area contributed by atoms with E-state index < -0.39 is 10.0 Å². The van der Waals surface area contributed by atoms with Crippen molar-refractivity contribution < 1.29 is 17.6 Å². The molecule has 166 valence electrons. The third-order valence-electron chi connectivity index (χ3n) is 4.96. The second kappa shape index (κ2) is 9.18. The Bertz CT molecular complexity index is 1280. The molecule has 0 radical (unpaired) electrons. The molecule has 0 fully saturated rings. The molecule has 4 rings (SSSR count). The number of nitrogens with zero attached hydrogens (tertiary/aromatic N) is 2. The number of oxazole rings is 1. The molecule has 4 aromatic rings.